The van der Waals surface area contributed by atoms with Gasteiger partial charge in [-0.15, -0.1) is 0 Å². The third kappa shape index (κ3) is 2.15. The second-order valence-corrected chi connectivity index (χ2v) is 3.44. The van der Waals surface area contributed by atoms with Gasteiger partial charge in [-0.05, 0) is 20.3 Å². The fourth-order valence-electron chi connectivity index (χ4n) is 1.87. The standard InChI is InChI=1S/C9H11FN2O.C2H6/c1-5-8-7(12-6(2)11-5)3-4-9(8,10)13;1-2/h13H,3-4H2,1-2H3;1-2H3. The number of hydrogen-bond donors (Lipinski definition) is 1. The van der Waals surface area contributed by atoms with E-state index in [1.807, 2.05) is 13.8 Å². The van der Waals surface area contributed by atoms with Crippen molar-refractivity contribution in [3.63, 3.8) is 0 Å². The number of alkyl halides is 1. The minimum Gasteiger partial charge on any atom is -0.358 e. The SMILES string of the molecule is CC.Cc1nc(C)c2c(n1)CCC2(O)F. The maximum atomic E-state index is 13.5. The maximum absolute atomic E-state index is 13.5. The first-order valence-corrected chi connectivity index (χ1v) is 5.26. The lowest BCUT2D eigenvalue weighted by Crippen LogP contribution is -2.17. The highest BCUT2D eigenvalue weighted by molar-refractivity contribution is 5.33. The summed E-state index contributed by atoms with van der Waals surface area (Å²) in [7, 11) is 0. The molecule has 3 nitrogen and oxygen atoms in total. The molecule has 0 fully saturated rings. The molecule has 1 aliphatic carbocycles. The van der Waals surface area contributed by atoms with E-state index < -0.39 is 5.85 Å². The summed E-state index contributed by atoms with van der Waals surface area (Å²) in [6, 6.07) is 0. The van der Waals surface area contributed by atoms with Crippen molar-refractivity contribution < 1.29 is 9.50 Å². The summed E-state index contributed by atoms with van der Waals surface area (Å²) in [5.41, 5.74) is 1.47. The molecule has 0 saturated carbocycles. The largest absolute Gasteiger partial charge is 0.358 e. The Kier molecular flexibility index (Phi) is 3.39. The molecule has 0 saturated heterocycles. The number of nitrogens with zero attached hydrogens (tertiary/aromatic N) is 2. The van der Waals surface area contributed by atoms with E-state index in [0.29, 0.717) is 23.6 Å². The van der Waals surface area contributed by atoms with E-state index >= 15 is 0 Å². The Labute approximate surface area is 89.4 Å². The quantitative estimate of drug-likeness (QED) is 0.717. The van der Waals surface area contributed by atoms with Gasteiger partial charge < -0.3 is 5.11 Å². The van der Waals surface area contributed by atoms with E-state index in [9.17, 15) is 9.50 Å². The molecule has 0 aliphatic heterocycles. The molecule has 0 spiro atoms. The second-order valence-electron chi connectivity index (χ2n) is 3.44. The van der Waals surface area contributed by atoms with E-state index in [-0.39, 0.29) is 12.0 Å². The Morgan fingerprint density at radius 1 is 1.27 bits per heavy atom. The zero-order valence-corrected chi connectivity index (χ0v) is 9.63. The topological polar surface area (TPSA) is 46.0 Å². The van der Waals surface area contributed by atoms with Crippen LogP contribution in [0.2, 0.25) is 0 Å². The molecule has 0 aromatic carbocycles. The van der Waals surface area contributed by atoms with Gasteiger partial charge in [-0.1, -0.05) is 13.8 Å². The molecule has 4 heteroatoms. The smallest absolute Gasteiger partial charge is 0.236 e. The highest BCUT2D eigenvalue weighted by atomic mass is 19.2. The van der Waals surface area contributed by atoms with Crippen LogP contribution in [-0.4, -0.2) is 15.1 Å². The van der Waals surface area contributed by atoms with Gasteiger partial charge in [-0.3, -0.25) is 0 Å². The fourth-order valence-corrected chi connectivity index (χ4v) is 1.87. The summed E-state index contributed by atoms with van der Waals surface area (Å²) in [6.07, 6.45) is 0.591. The highest BCUT2D eigenvalue weighted by Gasteiger charge is 2.39. The number of fused-ring (bicyclic) bond motifs is 1. The fraction of sp³-hybridized carbons (Fsp3) is 0.636. The first kappa shape index (κ1) is 12.0. The molecule has 15 heavy (non-hydrogen) atoms. The molecule has 1 N–H and O–H groups in total. The predicted octanol–water partition coefficient (Wildman–Crippen LogP) is 2.18. The van der Waals surface area contributed by atoms with Crippen LogP contribution >= 0.6 is 0 Å². The summed E-state index contributed by atoms with van der Waals surface area (Å²) >= 11 is 0. The molecule has 2 rings (SSSR count). The monoisotopic (exact) mass is 212 g/mol. The molecule has 1 atom stereocenters. The molecule has 1 aromatic rings. The lowest BCUT2D eigenvalue weighted by molar-refractivity contribution is -0.0934. The molecule has 84 valence electrons. The van der Waals surface area contributed by atoms with Crippen molar-refractivity contribution in [3.8, 4) is 0 Å². The molecule has 0 bridgehead atoms. The van der Waals surface area contributed by atoms with Gasteiger partial charge in [0.2, 0.25) is 5.85 Å². The zero-order valence-electron chi connectivity index (χ0n) is 9.63. The number of aliphatic hydroxyl groups is 1. The van der Waals surface area contributed by atoms with Gasteiger partial charge in [0.15, 0.2) is 0 Å². The van der Waals surface area contributed by atoms with Crippen molar-refractivity contribution in [2.24, 2.45) is 0 Å². The molecule has 1 aliphatic rings. The van der Waals surface area contributed by atoms with Crippen molar-refractivity contribution in [2.45, 2.75) is 46.4 Å². The van der Waals surface area contributed by atoms with Crippen LogP contribution in [0.1, 0.15) is 43.0 Å². The predicted molar refractivity (Wildman–Crippen MR) is 56.2 cm³/mol. The van der Waals surface area contributed by atoms with Crippen LogP contribution in [0, 0.1) is 13.8 Å². The van der Waals surface area contributed by atoms with E-state index in [4.69, 9.17) is 0 Å². The Hall–Kier alpha value is -1.03. The average Bonchev–Trinajstić information content (AvgIpc) is 2.45. The Bertz CT molecular complexity index is 364. The minimum atomic E-state index is -2.22. The van der Waals surface area contributed by atoms with E-state index in [1.54, 1.807) is 13.8 Å². The summed E-state index contributed by atoms with van der Waals surface area (Å²) in [6.45, 7) is 7.46. The molecule has 1 unspecified atom stereocenters. The normalized spacial score (nSPS) is 23.1. The Balaban J connectivity index is 0.000000531. The third-order valence-electron chi connectivity index (χ3n) is 2.35. The van der Waals surface area contributed by atoms with E-state index in [1.165, 1.54) is 0 Å². The second kappa shape index (κ2) is 4.23. The number of aryl methyl sites for hydroxylation is 3. The van der Waals surface area contributed by atoms with Gasteiger partial charge in [0, 0.05) is 6.42 Å². The average molecular weight is 212 g/mol. The van der Waals surface area contributed by atoms with Gasteiger partial charge in [-0.2, -0.15) is 0 Å². The van der Waals surface area contributed by atoms with Gasteiger partial charge in [0.05, 0.1) is 17.0 Å². The van der Waals surface area contributed by atoms with Crippen molar-refractivity contribution in [1.82, 2.24) is 9.97 Å². The van der Waals surface area contributed by atoms with Crippen molar-refractivity contribution in [1.29, 1.82) is 0 Å². The Morgan fingerprint density at radius 3 is 2.47 bits per heavy atom. The summed E-state index contributed by atoms with van der Waals surface area (Å²) in [5, 5.41) is 9.37. The number of aromatic nitrogens is 2. The molecule has 1 heterocycles. The summed E-state index contributed by atoms with van der Waals surface area (Å²) in [4.78, 5) is 8.13. The lowest BCUT2D eigenvalue weighted by atomic mass is 10.1. The first-order valence-electron chi connectivity index (χ1n) is 5.26. The zero-order chi connectivity index (χ0) is 11.6. The highest BCUT2D eigenvalue weighted by Crippen LogP contribution is 2.38. The van der Waals surface area contributed by atoms with Crippen LogP contribution in [0.4, 0.5) is 4.39 Å². The first-order chi connectivity index (χ1) is 7.00. The van der Waals surface area contributed by atoms with Gasteiger partial charge in [0.1, 0.15) is 5.82 Å². The minimum absolute atomic E-state index is 0.0985. The molecule has 0 radical (unpaired) electrons. The molecule has 0 amide bonds. The van der Waals surface area contributed by atoms with E-state index in [2.05, 4.69) is 9.97 Å². The lowest BCUT2D eigenvalue weighted by Gasteiger charge is -2.14. The van der Waals surface area contributed by atoms with Gasteiger partial charge in [0.25, 0.3) is 0 Å². The van der Waals surface area contributed by atoms with Gasteiger partial charge >= 0.3 is 0 Å². The number of hydrogen-bond acceptors (Lipinski definition) is 3. The maximum Gasteiger partial charge on any atom is 0.236 e. The van der Waals surface area contributed by atoms with Crippen molar-refractivity contribution in [2.75, 3.05) is 0 Å². The van der Waals surface area contributed by atoms with Crippen LogP contribution in [0.5, 0.6) is 0 Å². The van der Waals surface area contributed by atoms with Crippen LogP contribution < -0.4 is 0 Å². The summed E-state index contributed by atoms with van der Waals surface area (Å²) in [5.74, 6) is -1.58. The number of halogens is 1. The van der Waals surface area contributed by atoms with Crippen molar-refractivity contribution in [3.05, 3.63) is 22.8 Å². The van der Waals surface area contributed by atoms with Crippen molar-refractivity contribution >= 4 is 0 Å². The number of rotatable bonds is 0. The van der Waals surface area contributed by atoms with Crippen LogP contribution in [0.15, 0.2) is 0 Å². The van der Waals surface area contributed by atoms with Crippen LogP contribution in [0.3, 0.4) is 0 Å². The van der Waals surface area contributed by atoms with Gasteiger partial charge in [-0.25, -0.2) is 14.4 Å². The Morgan fingerprint density at radius 2 is 1.87 bits per heavy atom. The molecular formula is C11H17FN2O. The van der Waals surface area contributed by atoms with E-state index in [0.717, 1.165) is 0 Å². The third-order valence-corrected chi connectivity index (χ3v) is 2.35. The van der Waals surface area contributed by atoms with Crippen LogP contribution in [-0.2, 0) is 12.3 Å². The molecule has 1 aromatic heterocycles. The summed E-state index contributed by atoms with van der Waals surface area (Å²) < 4.78 is 13.5. The molecular weight excluding hydrogens is 195 g/mol. The van der Waals surface area contributed by atoms with Crippen LogP contribution in [0.25, 0.3) is 0 Å².